The highest BCUT2D eigenvalue weighted by molar-refractivity contribution is 5.82. The molecule has 0 fully saturated rings. The summed E-state index contributed by atoms with van der Waals surface area (Å²) in [5, 5.41) is 27.4. The molecule has 1 aromatic carbocycles. The van der Waals surface area contributed by atoms with Crippen LogP contribution in [0.25, 0.3) is 0 Å². The molecule has 0 saturated heterocycles. The second-order valence-electron chi connectivity index (χ2n) is 4.19. The number of para-hydroxylation sites is 1. The number of aliphatic carboxylic acids is 1. The Hall–Kier alpha value is -1.59. The van der Waals surface area contributed by atoms with Crippen molar-refractivity contribution < 1.29 is 20.1 Å². The van der Waals surface area contributed by atoms with E-state index in [1.54, 1.807) is 17.0 Å². The molecule has 0 aliphatic carbocycles. The molecule has 0 amide bonds. The monoisotopic (exact) mass is 237 g/mol. The molecule has 0 spiro atoms. The molecule has 5 nitrogen and oxygen atoms in total. The molecule has 0 aromatic heterocycles. The van der Waals surface area contributed by atoms with E-state index in [2.05, 4.69) is 0 Å². The Balaban J connectivity index is 2.25. The van der Waals surface area contributed by atoms with Gasteiger partial charge in [-0.1, -0.05) is 18.2 Å². The third-order valence-electron chi connectivity index (χ3n) is 3.00. The number of anilines is 1. The first-order chi connectivity index (χ1) is 8.13. The maximum Gasteiger partial charge on any atom is 0.312 e. The zero-order valence-corrected chi connectivity index (χ0v) is 9.28. The highest BCUT2D eigenvalue weighted by Gasteiger charge is 2.33. The van der Waals surface area contributed by atoms with Crippen LogP contribution in [0.3, 0.4) is 0 Å². The largest absolute Gasteiger partial charge is 0.481 e. The van der Waals surface area contributed by atoms with Gasteiger partial charge < -0.3 is 20.2 Å². The van der Waals surface area contributed by atoms with Crippen LogP contribution in [-0.4, -0.2) is 47.1 Å². The first kappa shape index (κ1) is 11.9. The van der Waals surface area contributed by atoms with E-state index in [1.165, 1.54) is 0 Å². The van der Waals surface area contributed by atoms with Crippen LogP contribution in [0.1, 0.15) is 11.5 Å². The van der Waals surface area contributed by atoms with Gasteiger partial charge in [0.1, 0.15) is 5.92 Å². The zero-order chi connectivity index (χ0) is 12.4. The lowest BCUT2D eigenvalue weighted by molar-refractivity contribution is -0.138. The van der Waals surface area contributed by atoms with Gasteiger partial charge in [-0.05, 0) is 11.6 Å². The van der Waals surface area contributed by atoms with Crippen molar-refractivity contribution in [2.45, 2.75) is 12.0 Å². The van der Waals surface area contributed by atoms with Gasteiger partial charge in [-0.25, -0.2) is 0 Å². The normalized spacial score (nSPS) is 20.1. The van der Waals surface area contributed by atoms with Crippen LogP contribution in [0.15, 0.2) is 24.3 Å². The Labute approximate surface area is 98.9 Å². The standard InChI is InChI=1S/C12H15NO4/c14-7-8(15)5-13-6-10(12(16)17)9-3-1-2-4-11(9)13/h1-4,8,10,14-15H,5-7H2,(H,16,17). The number of fused-ring (bicyclic) bond motifs is 1. The molecule has 0 radical (unpaired) electrons. The smallest absolute Gasteiger partial charge is 0.312 e. The lowest BCUT2D eigenvalue weighted by Crippen LogP contribution is -2.34. The van der Waals surface area contributed by atoms with E-state index in [-0.39, 0.29) is 13.2 Å². The quantitative estimate of drug-likeness (QED) is 0.688. The second-order valence-corrected chi connectivity index (χ2v) is 4.19. The van der Waals surface area contributed by atoms with Gasteiger partial charge in [-0.2, -0.15) is 0 Å². The minimum absolute atomic E-state index is 0.247. The predicted molar refractivity (Wildman–Crippen MR) is 62.1 cm³/mol. The molecule has 5 heteroatoms. The van der Waals surface area contributed by atoms with Gasteiger partial charge in [0.25, 0.3) is 0 Å². The summed E-state index contributed by atoms with van der Waals surface area (Å²) in [6.07, 6.45) is -0.851. The Morgan fingerprint density at radius 3 is 2.82 bits per heavy atom. The lowest BCUT2D eigenvalue weighted by atomic mass is 10.0. The number of carboxylic acid groups (broad SMARTS) is 1. The van der Waals surface area contributed by atoms with Gasteiger partial charge in [-0.15, -0.1) is 0 Å². The highest BCUT2D eigenvalue weighted by Crippen LogP contribution is 2.36. The average Bonchev–Trinajstić information content (AvgIpc) is 2.68. The van der Waals surface area contributed by atoms with Crippen LogP contribution in [0.4, 0.5) is 5.69 Å². The van der Waals surface area contributed by atoms with Crippen molar-refractivity contribution in [2.75, 3.05) is 24.6 Å². The van der Waals surface area contributed by atoms with Crippen molar-refractivity contribution in [3.8, 4) is 0 Å². The van der Waals surface area contributed by atoms with E-state index >= 15 is 0 Å². The van der Waals surface area contributed by atoms with E-state index in [0.29, 0.717) is 6.54 Å². The van der Waals surface area contributed by atoms with Crippen molar-refractivity contribution in [3.63, 3.8) is 0 Å². The number of benzene rings is 1. The number of nitrogens with zero attached hydrogens (tertiary/aromatic N) is 1. The molecule has 0 bridgehead atoms. The van der Waals surface area contributed by atoms with Gasteiger partial charge in [0.2, 0.25) is 0 Å². The molecule has 2 unspecified atom stereocenters. The summed E-state index contributed by atoms with van der Waals surface area (Å²) in [6, 6.07) is 7.27. The number of carboxylic acids is 1. The van der Waals surface area contributed by atoms with E-state index in [0.717, 1.165) is 11.3 Å². The van der Waals surface area contributed by atoms with E-state index in [1.807, 2.05) is 12.1 Å². The number of hydrogen-bond donors (Lipinski definition) is 3. The van der Waals surface area contributed by atoms with E-state index < -0.39 is 18.0 Å². The minimum atomic E-state index is -0.863. The fraction of sp³-hybridized carbons (Fsp3) is 0.417. The van der Waals surface area contributed by atoms with Crippen molar-refractivity contribution in [2.24, 2.45) is 0 Å². The Bertz CT molecular complexity index is 421. The number of hydrogen-bond acceptors (Lipinski definition) is 4. The number of carbonyl (C=O) groups is 1. The summed E-state index contributed by atoms with van der Waals surface area (Å²) < 4.78 is 0. The highest BCUT2D eigenvalue weighted by atomic mass is 16.4. The molecule has 1 aliphatic heterocycles. The Kier molecular flexibility index (Phi) is 3.31. The van der Waals surface area contributed by atoms with Crippen LogP contribution >= 0.6 is 0 Å². The average molecular weight is 237 g/mol. The fourth-order valence-corrected chi connectivity index (χ4v) is 2.18. The van der Waals surface area contributed by atoms with Gasteiger partial charge in [0.05, 0.1) is 12.7 Å². The summed E-state index contributed by atoms with van der Waals surface area (Å²) in [7, 11) is 0. The third kappa shape index (κ3) is 2.25. The number of β-amino-alcohol motifs (C(OH)–C–C–N with tert-alkyl or cyclic N) is 1. The predicted octanol–water partition coefficient (Wildman–Crippen LogP) is 0.0280. The number of aliphatic hydroxyl groups is 2. The summed E-state index contributed by atoms with van der Waals surface area (Å²) in [5.74, 6) is -1.42. The Morgan fingerprint density at radius 1 is 1.47 bits per heavy atom. The van der Waals surface area contributed by atoms with E-state index in [9.17, 15) is 9.90 Å². The molecular formula is C12H15NO4. The van der Waals surface area contributed by atoms with Crippen molar-refractivity contribution in [3.05, 3.63) is 29.8 Å². The van der Waals surface area contributed by atoms with Gasteiger partial charge in [0.15, 0.2) is 0 Å². The van der Waals surface area contributed by atoms with Gasteiger partial charge in [-0.3, -0.25) is 4.79 Å². The SMILES string of the molecule is O=C(O)C1CN(CC(O)CO)c2ccccc21. The number of aliphatic hydroxyl groups excluding tert-OH is 2. The second kappa shape index (κ2) is 4.73. The Morgan fingerprint density at radius 2 is 2.18 bits per heavy atom. The van der Waals surface area contributed by atoms with Crippen LogP contribution in [0, 0.1) is 0 Å². The maximum absolute atomic E-state index is 11.1. The zero-order valence-electron chi connectivity index (χ0n) is 9.28. The van der Waals surface area contributed by atoms with Crippen LogP contribution < -0.4 is 4.90 Å². The van der Waals surface area contributed by atoms with Crippen molar-refractivity contribution >= 4 is 11.7 Å². The van der Waals surface area contributed by atoms with Crippen LogP contribution in [-0.2, 0) is 4.79 Å². The maximum atomic E-state index is 11.1. The molecule has 1 aliphatic rings. The molecular weight excluding hydrogens is 222 g/mol. The summed E-state index contributed by atoms with van der Waals surface area (Å²) in [6.45, 7) is 0.263. The third-order valence-corrected chi connectivity index (χ3v) is 3.00. The molecule has 1 aromatic rings. The van der Waals surface area contributed by atoms with Crippen molar-refractivity contribution in [1.82, 2.24) is 0 Å². The van der Waals surface area contributed by atoms with Crippen LogP contribution in [0.2, 0.25) is 0 Å². The molecule has 92 valence electrons. The molecule has 2 atom stereocenters. The molecule has 0 saturated carbocycles. The lowest BCUT2D eigenvalue weighted by Gasteiger charge is -2.21. The molecule has 17 heavy (non-hydrogen) atoms. The summed E-state index contributed by atoms with van der Waals surface area (Å²) >= 11 is 0. The molecule has 3 N–H and O–H groups in total. The number of rotatable bonds is 4. The first-order valence-electron chi connectivity index (χ1n) is 5.49. The molecule has 1 heterocycles. The van der Waals surface area contributed by atoms with Gasteiger partial charge >= 0.3 is 5.97 Å². The topological polar surface area (TPSA) is 81.0 Å². The van der Waals surface area contributed by atoms with Gasteiger partial charge in [0, 0.05) is 18.8 Å². The van der Waals surface area contributed by atoms with E-state index in [4.69, 9.17) is 10.2 Å². The van der Waals surface area contributed by atoms with Crippen LogP contribution in [0.5, 0.6) is 0 Å². The fourth-order valence-electron chi connectivity index (χ4n) is 2.18. The summed E-state index contributed by atoms with van der Waals surface area (Å²) in [4.78, 5) is 12.9. The first-order valence-corrected chi connectivity index (χ1v) is 5.49. The van der Waals surface area contributed by atoms with Crippen molar-refractivity contribution in [1.29, 1.82) is 0 Å². The molecule has 2 rings (SSSR count). The minimum Gasteiger partial charge on any atom is -0.481 e. The summed E-state index contributed by atoms with van der Waals surface area (Å²) in [5.41, 5.74) is 1.59.